The summed E-state index contributed by atoms with van der Waals surface area (Å²) in [6.45, 7) is 2.31. The van der Waals surface area contributed by atoms with Gasteiger partial charge in [0.05, 0.1) is 15.5 Å². The third kappa shape index (κ3) is 3.38. The van der Waals surface area contributed by atoms with Crippen LogP contribution in [0.25, 0.3) is 0 Å². The fraction of sp³-hybridized carbons (Fsp3) is 0.462. The summed E-state index contributed by atoms with van der Waals surface area (Å²) in [5.74, 6) is -0.942. The van der Waals surface area contributed by atoms with Gasteiger partial charge in [0, 0.05) is 13.0 Å². The highest BCUT2D eigenvalue weighted by Crippen LogP contribution is 2.39. The zero-order chi connectivity index (χ0) is 15.6. The van der Waals surface area contributed by atoms with E-state index in [4.69, 9.17) is 9.47 Å². The molecule has 8 heteroatoms. The Bertz CT molecular complexity index is 580. The number of halogens is 2. The van der Waals surface area contributed by atoms with Crippen LogP contribution in [0.5, 0.6) is 5.75 Å². The van der Waals surface area contributed by atoms with Crippen molar-refractivity contribution < 1.29 is 23.6 Å². The van der Waals surface area contributed by atoms with Gasteiger partial charge in [-0.1, -0.05) is 6.92 Å². The molecular weight excluding hydrogens is 349 g/mol. The van der Waals surface area contributed by atoms with Gasteiger partial charge in [-0.05, 0) is 28.4 Å². The van der Waals surface area contributed by atoms with Crippen LogP contribution in [0.2, 0.25) is 0 Å². The topological polar surface area (TPSA) is 78.7 Å². The highest BCUT2D eigenvalue weighted by Gasteiger charge is 2.43. The van der Waals surface area contributed by atoms with Crippen LogP contribution in [0.4, 0.5) is 10.1 Å². The zero-order valence-corrected chi connectivity index (χ0v) is 12.8. The Hall–Kier alpha value is -1.54. The van der Waals surface area contributed by atoms with E-state index in [1.54, 1.807) is 0 Å². The van der Waals surface area contributed by atoms with E-state index in [-0.39, 0.29) is 22.4 Å². The van der Waals surface area contributed by atoms with E-state index in [1.807, 2.05) is 6.92 Å². The lowest BCUT2D eigenvalue weighted by Crippen LogP contribution is -2.52. The van der Waals surface area contributed by atoms with Crippen molar-refractivity contribution in [3.8, 4) is 5.75 Å². The normalized spacial score (nSPS) is 21.0. The average molecular weight is 362 g/mol. The summed E-state index contributed by atoms with van der Waals surface area (Å²) in [4.78, 5) is 21.7. The molecule has 0 aromatic heterocycles. The summed E-state index contributed by atoms with van der Waals surface area (Å²) >= 11 is 3.04. The fourth-order valence-electron chi connectivity index (χ4n) is 1.97. The first-order valence-corrected chi connectivity index (χ1v) is 7.17. The average Bonchev–Trinajstić information content (AvgIpc) is 2.40. The molecule has 1 aromatic rings. The van der Waals surface area contributed by atoms with Crippen LogP contribution >= 0.6 is 15.9 Å². The molecule has 2 rings (SSSR count). The van der Waals surface area contributed by atoms with E-state index in [0.717, 1.165) is 18.6 Å². The van der Waals surface area contributed by atoms with Crippen molar-refractivity contribution in [1.29, 1.82) is 0 Å². The molecule has 2 atom stereocenters. The third-order valence-corrected chi connectivity index (χ3v) is 3.60. The zero-order valence-electron chi connectivity index (χ0n) is 11.2. The second-order valence-corrected chi connectivity index (χ2v) is 5.47. The fourth-order valence-corrected chi connectivity index (χ4v) is 2.48. The second-order valence-electron chi connectivity index (χ2n) is 4.61. The Kier molecular flexibility index (Phi) is 4.89. The first kappa shape index (κ1) is 15.8. The number of nitro groups is 1. The van der Waals surface area contributed by atoms with Crippen LogP contribution < -0.4 is 4.74 Å². The van der Waals surface area contributed by atoms with Crippen LogP contribution in [0.15, 0.2) is 16.6 Å². The van der Waals surface area contributed by atoms with Crippen LogP contribution in [-0.4, -0.2) is 29.5 Å². The minimum atomic E-state index is -0.746. The molecule has 1 aromatic carbocycles. The molecule has 0 spiro atoms. The van der Waals surface area contributed by atoms with Gasteiger partial charge in [0.15, 0.2) is 11.9 Å². The molecule has 114 valence electrons. The second kappa shape index (κ2) is 6.48. The smallest absolute Gasteiger partial charge is 0.315 e. The van der Waals surface area contributed by atoms with Crippen molar-refractivity contribution in [2.45, 2.75) is 32.0 Å². The van der Waals surface area contributed by atoms with E-state index in [9.17, 15) is 19.3 Å². The van der Waals surface area contributed by atoms with Crippen molar-refractivity contribution in [2.24, 2.45) is 0 Å². The van der Waals surface area contributed by atoms with Crippen LogP contribution in [0.1, 0.15) is 19.8 Å². The number of ether oxygens (including phenoxy) is 2. The van der Waals surface area contributed by atoms with E-state index in [2.05, 4.69) is 15.9 Å². The Balaban J connectivity index is 2.20. The number of nitrogens with zero attached hydrogens (tertiary/aromatic N) is 1. The Labute approximate surface area is 128 Å². The number of rotatable bonds is 6. The standard InChI is InChI=1S/C13H13BrFNO5/c1-2-3-20-13-10(17)6-11(13)21-12-8(14)4-7(15)5-9(12)16(18)19/h4-5,11,13H,2-3,6H2,1H3. The van der Waals surface area contributed by atoms with Gasteiger partial charge in [0.25, 0.3) is 0 Å². The van der Waals surface area contributed by atoms with Gasteiger partial charge in [-0.25, -0.2) is 4.39 Å². The molecule has 0 saturated heterocycles. The maximum atomic E-state index is 13.2. The number of carbonyl (C=O) groups excluding carboxylic acids is 1. The molecular formula is C13H13BrFNO5. The van der Waals surface area contributed by atoms with Crippen LogP contribution in [0, 0.1) is 15.9 Å². The van der Waals surface area contributed by atoms with E-state index in [1.165, 1.54) is 0 Å². The number of hydrogen-bond donors (Lipinski definition) is 0. The van der Waals surface area contributed by atoms with Crippen molar-refractivity contribution >= 4 is 27.4 Å². The number of benzene rings is 1. The van der Waals surface area contributed by atoms with Crippen molar-refractivity contribution in [3.63, 3.8) is 0 Å². The molecule has 21 heavy (non-hydrogen) atoms. The quantitative estimate of drug-likeness (QED) is 0.574. The maximum absolute atomic E-state index is 13.2. The van der Waals surface area contributed by atoms with Crippen molar-refractivity contribution in [3.05, 3.63) is 32.5 Å². The summed E-state index contributed by atoms with van der Waals surface area (Å²) in [5.41, 5.74) is -0.490. The van der Waals surface area contributed by atoms with E-state index >= 15 is 0 Å². The monoisotopic (exact) mass is 361 g/mol. The molecule has 0 radical (unpaired) electrons. The first-order chi connectivity index (χ1) is 9.93. The summed E-state index contributed by atoms with van der Waals surface area (Å²) < 4.78 is 24.2. The van der Waals surface area contributed by atoms with Gasteiger partial charge in [-0.15, -0.1) is 0 Å². The highest BCUT2D eigenvalue weighted by molar-refractivity contribution is 9.10. The molecule has 0 amide bonds. The molecule has 2 unspecified atom stereocenters. The van der Waals surface area contributed by atoms with Gasteiger partial charge in [0.2, 0.25) is 5.75 Å². The lowest BCUT2D eigenvalue weighted by molar-refractivity contribution is -0.386. The predicted octanol–water partition coefficient (Wildman–Crippen LogP) is 3.01. The number of carbonyl (C=O) groups is 1. The molecule has 0 heterocycles. The summed E-state index contributed by atoms with van der Waals surface area (Å²) in [6, 6.07) is 1.85. The molecule has 1 saturated carbocycles. The Morgan fingerprint density at radius 1 is 1.52 bits per heavy atom. The minimum Gasteiger partial charge on any atom is -0.479 e. The SMILES string of the molecule is CCCOC1C(=O)CC1Oc1c(Br)cc(F)cc1[N+](=O)[O-]. The molecule has 1 fully saturated rings. The largest absolute Gasteiger partial charge is 0.479 e. The van der Waals surface area contributed by atoms with Gasteiger partial charge >= 0.3 is 5.69 Å². The number of nitro benzene ring substituents is 1. The van der Waals surface area contributed by atoms with Crippen LogP contribution in [-0.2, 0) is 9.53 Å². The molecule has 0 aliphatic heterocycles. The highest BCUT2D eigenvalue weighted by atomic mass is 79.9. The lowest BCUT2D eigenvalue weighted by Gasteiger charge is -2.34. The number of ketones is 1. The third-order valence-electron chi connectivity index (χ3n) is 3.01. The summed E-state index contributed by atoms with van der Waals surface area (Å²) in [6.07, 6.45) is -0.447. The molecule has 1 aliphatic carbocycles. The van der Waals surface area contributed by atoms with E-state index in [0.29, 0.717) is 6.61 Å². The van der Waals surface area contributed by atoms with Crippen molar-refractivity contribution in [2.75, 3.05) is 6.61 Å². The minimum absolute atomic E-state index is 0.0935. The molecule has 1 aliphatic rings. The van der Waals surface area contributed by atoms with Crippen molar-refractivity contribution in [1.82, 2.24) is 0 Å². The van der Waals surface area contributed by atoms with E-state index < -0.39 is 28.6 Å². The first-order valence-electron chi connectivity index (χ1n) is 6.38. The molecule has 0 bridgehead atoms. The summed E-state index contributed by atoms with van der Waals surface area (Å²) in [5, 5.41) is 11.0. The van der Waals surface area contributed by atoms with Gasteiger partial charge in [-0.2, -0.15) is 0 Å². The number of Topliss-reactive ketones (excluding diaryl/α,β-unsaturated/α-hetero) is 1. The number of hydrogen-bond acceptors (Lipinski definition) is 5. The lowest BCUT2D eigenvalue weighted by atomic mass is 9.90. The molecule has 6 nitrogen and oxygen atoms in total. The Morgan fingerprint density at radius 2 is 2.24 bits per heavy atom. The van der Waals surface area contributed by atoms with Gasteiger partial charge < -0.3 is 9.47 Å². The Morgan fingerprint density at radius 3 is 2.81 bits per heavy atom. The summed E-state index contributed by atoms with van der Waals surface area (Å²) in [7, 11) is 0. The maximum Gasteiger partial charge on any atom is 0.315 e. The van der Waals surface area contributed by atoms with Crippen LogP contribution in [0.3, 0.4) is 0 Å². The predicted molar refractivity (Wildman–Crippen MR) is 74.8 cm³/mol. The van der Waals surface area contributed by atoms with Gasteiger partial charge in [0.1, 0.15) is 11.9 Å². The van der Waals surface area contributed by atoms with Gasteiger partial charge in [-0.3, -0.25) is 14.9 Å². The molecule has 0 N–H and O–H groups in total.